The molecule has 0 bridgehead atoms. The number of carbonyl (C=O) groups excluding carboxylic acids is 1. The van der Waals surface area contributed by atoms with Crippen LogP contribution in [-0.2, 0) is 34.5 Å². The van der Waals surface area contributed by atoms with E-state index in [-0.39, 0.29) is 17.6 Å². The van der Waals surface area contributed by atoms with Crippen LogP contribution in [0.5, 0.6) is 0 Å². The van der Waals surface area contributed by atoms with E-state index in [0.717, 1.165) is 18.7 Å². The average Bonchev–Trinajstić information content (AvgIpc) is 3.07. The van der Waals surface area contributed by atoms with Crippen molar-refractivity contribution in [3.05, 3.63) is 34.9 Å². The van der Waals surface area contributed by atoms with Gasteiger partial charge in [0, 0.05) is 38.6 Å². The molecule has 2 aliphatic heterocycles. The van der Waals surface area contributed by atoms with Crippen LogP contribution in [0.1, 0.15) is 36.5 Å². The van der Waals surface area contributed by atoms with Crippen LogP contribution in [-0.4, -0.2) is 37.5 Å². The number of nitrogens with zero attached hydrogens (tertiary/aromatic N) is 1. The summed E-state index contributed by atoms with van der Waals surface area (Å²) in [6.07, 6.45) is 1.19. The number of fused-ring (bicyclic) bond motifs is 1. The van der Waals surface area contributed by atoms with E-state index in [1.807, 2.05) is 0 Å². The highest BCUT2D eigenvalue weighted by Gasteiger charge is 2.29. The largest absolute Gasteiger partial charge is 0.352 e. The second kappa shape index (κ2) is 7.21. The average molecular weight is 351 g/mol. The maximum atomic E-state index is 12.3. The third-order valence-electron chi connectivity index (χ3n) is 4.95. The topological polar surface area (TPSA) is 78.5 Å². The van der Waals surface area contributed by atoms with E-state index in [4.69, 9.17) is 0 Å². The highest BCUT2D eigenvalue weighted by molar-refractivity contribution is 7.89. The Morgan fingerprint density at radius 1 is 1.25 bits per heavy atom. The first-order valence-electron chi connectivity index (χ1n) is 8.56. The maximum absolute atomic E-state index is 12.3. The van der Waals surface area contributed by atoms with Gasteiger partial charge >= 0.3 is 0 Å². The summed E-state index contributed by atoms with van der Waals surface area (Å²) in [7, 11) is -3.14. The smallest absolute Gasteiger partial charge is 0.223 e. The molecule has 1 fully saturated rings. The van der Waals surface area contributed by atoms with Gasteiger partial charge in [0.15, 0.2) is 0 Å². The molecule has 24 heavy (non-hydrogen) atoms. The summed E-state index contributed by atoms with van der Waals surface area (Å²) in [4.78, 5) is 12.3. The van der Waals surface area contributed by atoms with Gasteiger partial charge in [-0.05, 0) is 36.5 Å². The Morgan fingerprint density at radius 3 is 2.67 bits per heavy atom. The van der Waals surface area contributed by atoms with Crippen LogP contribution in [0.2, 0.25) is 0 Å². The summed E-state index contributed by atoms with van der Waals surface area (Å²) in [6, 6.07) is 6.32. The lowest BCUT2D eigenvalue weighted by Gasteiger charge is -2.30. The Morgan fingerprint density at radius 2 is 1.96 bits per heavy atom. The zero-order valence-electron chi connectivity index (χ0n) is 14.0. The predicted octanol–water partition coefficient (Wildman–Crippen LogP) is 0.968. The van der Waals surface area contributed by atoms with Gasteiger partial charge in [-0.2, -0.15) is 0 Å². The molecule has 0 spiro atoms. The molecular weight excluding hydrogens is 326 g/mol. The van der Waals surface area contributed by atoms with Gasteiger partial charge in [-0.3, -0.25) is 4.79 Å². The minimum atomic E-state index is -3.14. The Labute approximate surface area is 143 Å². The van der Waals surface area contributed by atoms with Crippen LogP contribution in [0.15, 0.2) is 18.2 Å². The van der Waals surface area contributed by atoms with Crippen molar-refractivity contribution in [2.24, 2.45) is 5.92 Å². The minimum absolute atomic E-state index is 0.0298. The summed E-state index contributed by atoms with van der Waals surface area (Å²) < 4.78 is 25.2. The molecule has 2 aliphatic rings. The number of carbonyl (C=O) groups is 1. The number of hydrogen-bond donors (Lipinski definition) is 2. The van der Waals surface area contributed by atoms with Gasteiger partial charge in [0.25, 0.3) is 0 Å². The van der Waals surface area contributed by atoms with Crippen molar-refractivity contribution in [3.8, 4) is 0 Å². The summed E-state index contributed by atoms with van der Waals surface area (Å²) in [6.45, 7) is 4.88. The molecule has 0 aromatic heterocycles. The van der Waals surface area contributed by atoms with Crippen LogP contribution >= 0.6 is 0 Å². The van der Waals surface area contributed by atoms with Gasteiger partial charge in [0.2, 0.25) is 15.9 Å². The number of benzene rings is 1. The molecule has 6 nitrogen and oxygen atoms in total. The summed E-state index contributed by atoms with van der Waals surface area (Å²) in [5.41, 5.74) is 3.74. The van der Waals surface area contributed by atoms with Gasteiger partial charge in [0.05, 0.1) is 5.75 Å². The number of nitrogens with one attached hydrogen (secondary N) is 2. The lowest BCUT2D eigenvalue weighted by Crippen LogP contribution is -2.43. The Hall–Kier alpha value is -1.44. The van der Waals surface area contributed by atoms with Gasteiger partial charge in [-0.25, -0.2) is 12.7 Å². The lowest BCUT2D eigenvalue weighted by molar-refractivity contribution is -0.126. The van der Waals surface area contributed by atoms with Crippen molar-refractivity contribution >= 4 is 15.9 Å². The highest BCUT2D eigenvalue weighted by atomic mass is 32.2. The number of rotatable bonds is 5. The molecule has 1 amide bonds. The van der Waals surface area contributed by atoms with E-state index in [2.05, 4.69) is 28.8 Å². The van der Waals surface area contributed by atoms with E-state index in [9.17, 15) is 13.2 Å². The van der Waals surface area contributed by atoms with Gasteiger partial charge in [0.1, 0.15) is 0 Å². The third-order valence-corrected chi connectivity index (χ3v) is 6.83. The fourth-order valence-electron chi connectivity index (χ4n) is 3.37. The molecule has 1 aromatic carbocycles. The second-order valence-electron chi connectivity index (χ2n) is 6.50. The van der Waals surface area contributed by atoms with Crippen LogP contribution in [0, 0.1) is 5.92 Å². The van der Waals surface area contributed by atoms with E-state index >= 15 is 0 Å². The molecule has 2 heterocycles. The Bertz CT molecular complexity index is 710. The Balaban J connectivity index is 1.50. The molecule has 0 unspecified atom stereocenters. The number of hydrogen-bond acceptors (Lipinski definition) is 4. The van der Waals surface area contributed by atoms with Crippen molar-refractivity contribution in [1.82, 2.24) is 14.9 Å². The maximum Gasteiger partial charge on any atom is 0.223 e. The lowest BCUT2D eigenvalue weighted by atomic mass is 9.97. The fourth-order valence-corrected chi connectivity index (χ4v) is 4.50. The van der Waals surface area contributed by atoms with E-state index in [1.54, 1.807) is 6.92 Å². The number of piperidine rings is 1. The van der Waals surface area contributed by atoms with Gasteiger partial charge in [-0.1, -0.05) is 18.2 Å². The molecular formula is C17H25N3O3S. The zero-order valence-corrected chi connectivity index (χ0v) is 14.9. The van der Waals surface area contributed by atoms with Gasteiger partial charge in [-0.15, -0.1) is 0 Å². The van der Waals surface area contributed by atoms with Crippen molar-refractivity contribution in [2.75, 3.05) is 18.8 Å². The molecule has 2 N–H and O–H groups in total. The van der Waals surface area contributed by atoms with E-state index in [1.165, 1.54) is 15.4 Å². The third kappa shape index (κ3) is 3.79. The summed E-state index contributed by atoms with van der Waals surface area (Å²) >= 11 is 0. The molecule has 0 radical (unpaired) electrons. The monoisotopic (exact) mass is 351 g/mol. The van der Waals surface area contributed by atoms with E-state index < -0.39 is 10.0 Å². The second-order valence-corrected chi connectivity index (χ2v) is 8.76. The van der Waals surface area contributed by atoms with Crippen molar-refractivity contribution in [1.29, 1.82) is 0 Å². The first-order valence-corrected chi connectivity index (χ1v) is 10.2. The molecule has 3 rings (SSSR count). The molecule has 7 heteroatoms. The fraction of sp³-hybridized carbons (Fsp3) is 0.588. The van der Waals surface area contributed by atoms with Crippen molar-refractivity contribution in [3.63, 3.8) is 0 Å². The molecule has 0 atom stereocenters. The van der Waals surface area contributed by atoms with Gasteiger partial charge < -0.3 is 10.6 Å². The molecule has 1 aromatic rings. The zero-order chi connectivity index (χ0) is 17.2. The normalized spacial score (nSPS) is 19.2. The van der Waals surface area contributed by atoms with Crippen LogP contribution in [0.25, 0.3) is 0 Å². The van der Waals surface area contributed by atoms with Crippen molar-refractivity contribution < 1.29 is 13.2 Å². The minimum Gasteiger partial charge on any atom is -0.352 e. The first-order chi connectivity index (χ1) is 11.5. The van der Waals surface area contributed by atoms with Crippen LogP contribution < -0.4 is 10.6 Å². The molecule has 0 aliphatic carbocycles. The quantitative estimate of drug-likeness (QED) is 0.828. The molecule has 0 saturated carbocycles. The Kier molecular flexibility index (Phi) is 5.22. The predicted molar refractivity (Wildman–Crippen MR) is 92.6 cm³/mol. The highest BCUT2D eigenvalue weighted by Crippen LogP contribution is 2.21. The summed E-state index contributed by atoms with van der Waals surface area (Å²) in [5, 5.41) is 6.31. The molecule has 1 saturated heterocycles. The number of sulfonamides is 1. The van der Waals surface area contributed by atoms with Crippen LogP contribution in [0.3, 0.4) is 0 Å². The van der Waals surface area contributed by atoms with Crippen molar-refractivity contribution in [2.45, 2.75) is 39.4 Å². The van der Waals surface area contributed by atoms with Crippen LogP contribution in [0.4, 0.5) is 0 Å². The first kappa shape index (κ1) is 17.4. The van der Waals surface area contributed by atoms with E-state index in [0.29, 0.717) is 32.5 Å². The SMILES string of the molecule is CCS(=O)(=O)N1CCC(C(=O)NCc2ccc3c(c2)CNC3)CC1. The summed E-state index contributed by atoms with van der Waals surface area (Å²) in [5.74, 6) is 0.0587. The standard InChI is InChI=1S/C17H25N3O3S/c1-2-24(22,23)20-7-5-14(6-8-20)17(21)19-10-13-3-4-15-11-18-12-16(15)9-13/h3-4,9,14,18H,2,5-8,10-12H2,1H3,(H,19,21). The molecule has 132 valence electrons. The number of amides is 1.